The molecule has 21 heavy (non-hydrogen) atoms. The van der Waals surface area contributed by atoms with Crippen LogP contribution in [-0.4, -0.2) is 29.7 Å². The number of allylic oxidation sites excluding steroid dienone is 2. The molecule has 1 aliphatic rings. The zero-order valence-electron chi connectivity index (χ0n) is 11.8. The molecule has 6 heteroatoms. The Morgan fingerprint density at radius 1 is 1.29 bits per heavy atom. The summed E-state index contributed by atoms with van der Waals surface area (Å²) in [5, 5.41) is 16.6. The van der Waals surface area contributed by atoms with Gasteiger partial charge in [0.2, 0.25) is 0 Å². The van der Waals surface area contributed by atoms with Crippen LogP contribution in [0.15, 0.2) is 46.8 Å². The first-order chi connectivity index (χ1) is 10.0. The summed E-state index contributed by atoms with van der Waals surface area (Å²) in [6, 6.07) is 5.44. The molecular formula is C15H18N4O2. The highest BCUT2D eigenvalue weighted by Gasteiger charge is 2.15. The number of aryl methyl sites for hydroxylation is 1. The van der Waals surface area contributed by atoms with Crippen molar-refractivity contribution in [1.29, 1.82) is 5.41 Å². The lowest BCUT2D eigenvalue weighted by Gasteiger charge is -2.15. The first-order valence-electron chi connectivity index (χ1n) is 6.48. The summed E-state index contributed by atoms with van der Waals surface area (Å²) in [5.74, 6) is 0.337. The molecule has 0 heterocycles. The molecule has 1 aliphatic carbocycles. The van der Waals surface area contributed by atoms with Crippen LogP contribution < -0.4 is 11.5 Å². The van der Waals surface area contributed by atoms with Crippen LogP contribution in [0, 0.1) is 12.3 Å². The van der Waals surface area contributed by atoms with Gasteiger partial charge >= 0.3 is 0 Å². The van der Waals surface area contributed by atoms with Crippen LogP contribution in [0.2, 0.25) is 0 Å². The Labute approximate surface area is 122 Å². The molecule has 0 saturated carbocycles. The Balaban J connectivity index is 2.33. The summed E-state index contributed by atoms with van der Waals surface area (Å²) in [6.45, 7) is 1.91. The van der Waals surface area contributed by atoms with E-state index in [1.54, 1.807) is 18.2 Å². The number of nitrogen functional groups attached to an aromatic ring is 1. The summed E-state index contributed by atoms with van der Waals surface area (Å²) in [5.41, 5.74) is 15.1. The summed E-state index contributed by atoms with van der Waals surface area (Å²) in [7, 11) is 0. The second-order valence-corrected chi connectivity index (χ2v) is 4.63. The zero-order chi connectivity index (χ0) is 15.4. The van der Waals surface area contributed by atoms with Gasteiger partial charge in [-0.05, 0) is 36.8 Å². The predicted molar refractivity (Wildman–Crippen MR) is 83.8 cm³/mol. The van der Waals surface area contributed by atoms with Gasteiger partial charge in [-0.3, -0.25) is 5.41 Å². The third-order valence-corrected chi connectivity index (χ3v) is 2.98. The maximum atomic E-state index is 8.79. The monoisotopic (exact) mass is 286 g/mol. The van der Waals surface area contributed by atoms with Gasteiger partial charge in [-0.1, -0.05) is 0 Å². The number of rotatable bonds is 4. The van der Waals surface area contributed by atoms with Gasteiger partial charge in [-0.2, -0.15) is 0 Å². The molecule has 0 atom stereocenters. The van der Waals surface area contributed by atoms with E-state index < -0.39 is 0 Å². The van der Waals surface area contributed by atoms with E-state index >= 15 is 0 Å². The highest BCUT2D eigenvalue weighted by Crippen LogP contribution is 2.21. The Bertz CT molecular complexity index is 660. The van der Waals surface area contributed by atoms with E-state index in [0.29, 0.717) is 22.9 Å². The first kappa shape index (κ1) is 14.8. The predicted octanol–water partition coefficient (Wildman–Crippen LogP) is 1.42. The Morgan fingerprint density at radius 2 is 2.05 bits per heavy atom. The van der Waals surface area contributed by atoms with Crippen molar-refractivity contribution in [3.8, 4) is 0 Å². The number of benzene rings is 1. The second kappa shape index (κ2) is 6.23. The van der Waals surface area contributed by atoms with Crippen molar-refractivity contribution in [2.45, 2.75) is 6.92 Å². The summed E-state index contributed by atoms with van der Waals surface area (Å²) in [4.78, 5) is 4.45. The van der Waals surface area contributed by atoms with Crippen molar-refractivity contribution in [3.05, 3.63) is 47.4 Å². The molecule has 0 amide bonds. The molecule has 0 radical (unpaired) electrons. The maximum Gasteiger partial charge on any atom is 0.146 e. The van der Waals surface area contributed by atoms with Crippen LogP contribution in [0.25, 0.3) is 0 Å². The van der Waals surface area contributed by atoms with Crippen molar-refractivity contribution in [2.75, 3.05) is 18.9 Å². The maximum absolute atomic E-state index is 8.79. The molecule has 0 bridgehead atoms. The van der Waals surface area contributed by atoms with Gasteiger partial charge in [0.15, 0.2) is 0 Å². The third-order valence-electron chi connectivity index (χ3n) is 2.98. The van der Waals surface area contributed by atoms with Crippen molar-refractivity contribution >= 4 is 22.8 Å². The average molecular weight is 286 g/mol. The lowest BCUT2D eigenvalue weighted by molar-refractivity contribution is 0.156. The molecular weight excluding hydrogens is 268 g/mol. The van der Waals surface area contributed by atoms with Crippen LogP contribution >= 0.6 is 0 Å². The number of aliphatic imine (C=N–C) groups is 1. The Hall–Kier alpha value is -2.60. The number of aliphatic hydroxyl groups excluding tert-OH is 1. The third kappa shape index (κ3) is 3.49. The average Bonchev–Trinajstić information content (AvgIpc) is 2.44. The van der Waals surface area contributed by atoms with Gasteiger partial charge in [0.05, 0.1) is 29.4 Å². The lowest BCUT2D eigenvalue weighted by Crippen LogP contribution is -2.20. The van der Waals surface area contributed by atoms with E-state index in [9.17, 15) is 0 Å². The van der Waals surface area contributed by atoms with Gasteiger partial charge in [0, 0.05) is 11.8 Å². The number of ether oxygens (including phenoxy) is 1. The largest absolute Gasteiger partial charge is 0.489 e. The SMILES string of the molecule is Cc1cc(/N=C2\C=C(OCCO)C(=N)C=C2N)ccc1N. The Morgan fingerprint density at radius 3 is 2.71 bits per heavy atom. The van der Waals surface area contributed by atoms with E-state index in [1.807, 2.05) is 13.0 Å². The smallest absolute Gasteiger partial charge is 0.146 e. The number of hydrogen-bond acceptors (Lipinski definition) is 6. The van der Waals surface area contributed by atoms with E-state index in [-0.39, 0.29) is 18.9 Å². The zero-order valence-corrected chi connectivity index (χ0v) is 11.8. The highest BCUT2D eigenvalue weighted by molar-refractivity contribution is 6.22. The Kier molecular flexibility index (Phi) is 4.39. The lowest BCUT2D eigenvalue weighted by atomic mass is 10.1. The van der Waals surface area contributed by atoms with Crippen molar-refractivity contribution < 1.29 is 9.84 Å². The fourth-order valence-corrected chi connectivity index (χ4v) is 1.83. The highest BCUT2D eigenvalue weighted by atomic mass is 16.5. The van der Waals surface area contributed by atoms with Crippen LogP contribution in [0.1, 0.15) is 5.56 Å². The summed E-state index contributed by atoms with van der Waals surface area (Å²) in [6.07, 6.45) is 3.08. The standard InChI is InChI=1S/C15H18N4O2/c1-9-6-10(2-3-11(9)16)19-14-8-15(21-5-4-20)13(18)7-12(14)17/h2-3,6-8,18,20H,4-5,16-17H2,1H3/b18-13?,19-14+. The van der Waals surface area contributed by atoms with Crippen LogP contribution in [0.3, 0.4) is 0 Å². The molecule has 6 N–H and O–H groups in total. The minimum absolute atomic E-state index is 0.118. The van der Waals surface area contributed by atoms with Gasteiger partial charge < -0.3 is 21.3 Å². The molecule has 6 nitrogen and oxygen atoms in total. The van der Waals surface area contributed by atoms with Crippen molar-refractivity contribution in [2.24, 2.45) is 10.7 Å². The van der Waals surface area contributed by atoms with Crippen molar-refractivity contribution in [3.63, 3.8) is 0 Å². The number of nitrogens with two attached hydrogens (primary N) is 2. The van der Waals surface area contributed by atoms with E-state index in [0.717, 1.165) is 11.3 Å². The van der Waals surface area contributed by atoms with Crippen molar-refractivity contribution in [1.82, 2.24) is 0 Å². The van der Waals surface area contributed by atoms with E-state index in [2.05, 4.69) is 4.99 Å². The first-order valence-corrected chi connectivity index (χ1v) is 6.48. The molecule has 0 fully saturated rings. The molecule has 0 aromatic heterocycles. The number of aliphatic hydroxyl groups is 1. The number of nitrogens with zero attached hydrogens (tertiary/aromatic N) is 1. The van der Waals surface area contributed by atoms with E-state index in [4.69, 9.17) is 26.7 Å². The van der Waals surface area contributed by atoms with Gasteiger partial charge in [-0.15, -0.1) is 0 Å². The topological polar surface area (TPSA) is 118 Å². The summed E-state index contributed by atoms with van der Waals surface area (Å²) >= 11 is 0. The van der Waals surface area contributed by atoms with Gasteiger partial charge in [0.25, 0.3) is 0 Å². The molecule has 0 aliphatic heterocycles. The van der Waals surface area contributed by atoms with Crippen LogP contribution in [0.4, 0.5) is 11.4 Å². The minimum Gasteiger partial charge on any atom is -0.489 e. The fraction of sp³-hybridized carbons (Fsp3) is 0.200. The molecule has 0 spiro atoms. The number of nitrogens with one attached hydrogen (secondary N) is 1. The summed E-state index contributed by atoms with van der Waals surface area (Å²) < 4.78 is 5.29. The van der Waals surface area contributed by atoms with Gasteiger partial charge in [0.1, 0.15) is 12.4 Å². The molecule has 0 saturated heterocycles. The molecule has 1 aromatic carbocycles. The molecule has 1 aromatic rings. The van der Waals surface area contributed by atoms with Crippen LogP contribution in [-0.2, 0) is 4.74 Å². The van der Waals surface area contributed by atoms with Gasteiger partial charge in [-0.25, -0.2) is 4.99 Å². The fourth-order valence-electron chi connectivity index (χ4n) is 1.83. The van der Waals surface area contributed by atoms with E-state index in [1.165, 1.54) is 6.08 Å². The molecule has 0 unspecified atom stereocenters. The molecule has 2 rings (SSSR count). The molecule has 110 valence electrons. The normalized spacial score (nSPS) is 16.7. The number of hydrogen-bond donors (Lipinski definition) is 4. The van der Waals surface area contributed by atoms with Crippen LogP contribution in [0.5, 0.6) is 0 Å². The second-order valence-electron chi connectivity index (χ2n) is 4.63. The quantitative estimate of drug-likeness (QED) is 0.494. The number of anilines is 1. The minimum atomic E-state index is -0.118.